The molecule has 2 amide bonds. The highest BCUT2D eigenvalue weighted by molar-refractivity contribution is 8.02. The number of fused-ring (bicyclic) bond motifs is 2. The Morgan fingerprint density at radius 3 is 2.50 bits per heavy atom. The Balaban J connectivity index is 1.63. The third-order valence-corrected chi connectivity index (χ3v) is 11.1. The Hall–Kier alpha value is -1.80. The number of hydrogen-bond acceptors (Lipinski definition) is 6. The lowest BCUT2D eigenvalue weighted by atomic mass is 9.74. The molecule has 4 aliphatic heterocycles. The van der Waals surface area contributed by atoms with Gasteiger partial charge in [0, 0.05) is 17.3 Å². The standard InChI is InChI=1S/C30H44N2O5S/c1-20(2)18-22(19-33)32-25-27(35)31(21-12-7-6-8-13-21)16-11-15-30(25)23(26(32)34)24-28(36)37-17-10-5-4-9-14-29(24,3)38-30/h9,11,14-15,20-25,33H,4-8,10,12-13,16-19H2,1-3H3/b14-9-/t22-,23+,24-,25?,29+,30+/m1/s1. The topological polar surface area (TPSA) is 87.2 Å². The number of amides is 2. The van der Waals surface area contributed by atoms with E-state index in [1.807, 2.05) is 11.8 Å². The number of rotatable bonds is 5. The van der Waals surface area contributed by atoms with Crippen molar-refractivity contribution in [2.24, 2.45) is 17.8 Å². The van der Waals surface area contributed by atoms with Gasteiger partial charge in [-0.3, -0.25) is 14.4 Å². The largest absolute Gasteiger partial charge is 0.465 e. The van der Waals surface area contributed by atoms with Crippen LogP contribution >= 0.6 is 11.8 Å². The molecule has 2 saturated heterocycles. The second-order valence-electron chi connectivity index (χ2n) is 12.5. The van der Waals surface area contributed by atoms with Gasteiger partial charge in [-0.15, -0.1) is 11.8 Å². The van der Waals surface area contributed by atoms with Crippen LogP contribution in [-0.2, 0) is 19.1 Å². The normalized spacial score (nSPS) is 37.9. The van der Waals surface area contributed by atoms with Gasteiger partial charge in [-0.2, -0.15) is 0 Å². The van der Waals surface area contributed by atoms with Crippen LogP contribution < -0.4 is 0 Å². The number of likely N-dealkylation sites (tertiary alicyclic amines) is 1. The number of ether oxygens (including phenoxy) is 1. The van der Waals surface area contributed by atoms with Gasteiger partial charge in [0.05, 0.1) is 35.8 Å². The zero-order chi connectivity index (χ0) is 27.1. The molecule has 8 heteroatoms. The Morgan fingerprint density at radius 2 is 1.79 bits per heavy atom. The summed E-state index contributed by atoms with van der Waals surface area (Å²) in [6.07, 6.45) is 17.0. The molecule has 3 fully saturated rings. The molecule has 1 spiro atoms. The summed E-state index contributed by atoms with van der Waals surface area (Å²) in [5.41, 5.74) is 0. The molecule has 7 nitrogen and oxygen atoms in total. The van der Waals surface area contributed by atoms with Crippen LogP contribution in [-0.4, -0.2) is 80.1 Å². The van der Waals surface area contributed by atoms with Crippen molar-refractivity contribution >= 4 is 29.5 Å². The monoisotopic (exact) mass is 544 g/mol. The molecule has 1 aliphatic carbocycles. The first-order valence-corrected chi connectivity index (χ1v) is 15.5. The lowest BCUT2D eigenvalue weighted by Crippen LogP contribution is -2.58. The smallest absolute Gasteiger partial charge is 0.311 e. The fourth-order valence-corrected chi connectivity index (χ4v) is 9.83. The highest BCUT2D eigenvalue weighted by Gasteiger charge is 2.74. The van der Waals surface area contributed by atoms with Crippen molar-refractivity contribution < 1.29 is 24.2 Å². The second-order valence-corrected chi connectivity index (χ2v) is 14.3. The van der Waals surface area contributed by atoms with Gasteiger partial charge in [0.15, 0.2) is 0 Å². The van der Waals surface area contributed by atoms with Crippen molar-refractivity contribution in [2.75, 3.05) is 19.8 Å². The van der Waals surface area contributed by atoms with Crippen molar-refractivity contribution in [2.45, 2.75) is 106 Å². The summed E-state index contributed by atoms with van der Waals surface area (Å²) in [4.78, 5) is 46.5. The van der Waals surface area contributed by atoms with Crippen LogP contribution in [0.1, 0.15) is 78.6 Å². The SMILES string of the molecule is CC(C)C[C@H](CO)N1C(=O)[C@@H]2[C@@H]3C(=O)OCCCC/C=C\[C@]3(C)S[C@@]23C=CCN(C2CCCCC2)C(=O)C13. The average molecular weight is 545 g/mol. The third-order valence-electron chi connectivity index (χ3n) is 9.33. The maximum atomic E-state index is 14.6. The number of nitrogens with zero attached hydrogens (tertiary/aromatic N) is 2. The molecule has 6 atom stereocenters. The Kier molecular flexibility index (Phi) is 8.03. The van der Waals surface area contributed by atoms with Gasteiger partial charge in [-0.1, -0.05) is 57.4 Å². The molecule has 210 valence electrons. The molecule has 0 bridgehead atoms. The summed E-state index contributed by atoms with van der Waals surface area (Å²) in [7, 11) is 0. The Morgan fingerprint density at radius 1 is 1.03 bits per heavy atom. The van der Waals surface area contributed by atoms with E-state index in [1.54, 1.807) is 16.7 Å². The lowest BCUT2D eigenvalue weighted by Gasteiger charge is -2.42. The van der Waals surface area contributed by atoms with Crippen molar-refractivity contribution in [3.05, 3.63) is 24.3 Å². The molecule has 5 rings (SSSR count). The summed E-state index contributed by atoms with van der Waals surface area (Å²) in [6.45, 7) is 6.83. The fraction of sp³-hybridized carbons (Fsp3) is 0.767. The predicted octanol–water partition coefficient (Wildman–Crippen LogP) is 4.10. The van der Waals surface area contributed by atoms with Crippen LogP contribution in [0, 0.1) is 17.8 Å². The van der Waals surface area contributed by atoms with Gasteiger partial charge in [0.25, 0.3) is 0 Å². The van der Waals surface area contributed by atoms with Crippen LogP contribution in [0.4, 0.5) is 0 Å². The molecule has 0 aromatic heterocycles. The number of thioether (sulfide) groups is 1. The van der Waals surface area contributed by atoms with Gasteiger partial charge in [-0.05, 0) is 51.4 Å². The Labute approximate surface area is 231 Å². The van der Waals surface area contributed by atoms with Crippen LogP contribution in [0.5, 0.6) is 0 Å². The van der Waals surface area contributed by atoms with E-state index in [1.165, 1.54) is 6.42 Å². The van der Waals surface area contributed by atoms with Gasteiger partial charge >= 0.3 is 5.97 Å². The molecule has 0 aromatic carbocycles. The van der Waals surface area contributed by atoms with Gasteiger partial charge < -0.3 is 19.6 Å². The molecule has 38 heavy (non-hydrogen) atoms. The van der Waals surface area contributed by atoms with E-state index in [9.17, 15) is 19.5 Å². The van der Waals surface area contributed by atoms with Crippen LogP contribution in [0.2, 0.25) is 0 Å². The quantitative estimate of drug-likeness (QED) is 0.414. The minimum absolute atomic E-state index is 0.0304. The predicted molar refractivity (Wildman–Crippen MR) is 148 cm³/mol. The van der Waals surface area contributed by atoms with Crippen LogP contribution in [0.15, 0.2) is 24.3 Å². The summed E-state index contributed by atoms with van der Waals surface area (Å²) >= 11 is 1.60. The summed E-state index contributed by atoms with van der Waals surface area (Å²) in [5, 5.41) is 10.5. The first kappa shape index (κ1) is 27.8. The van der Waals surface area contributed by atoms with Crippen LogP contribution in [0.25, 0.3) is 0 Å². The van der Waals surface area contributed by atoms with E-state index in [-0.39, 0.29) is 36.4 Å². The number of aliphatic hydroxyl groups excluding tert-OH is 1. The average Bonchev–Trinajstić information content (AvgIpc) is 3.22. The van der Waals surface area contributed by atoms with Crippen molar-refractivity contribution in [3.63, 3.8) is 0 Å². The van der Waals surface area contributed by atoms with Crippen molar-refractivity contribution in [3.8, 4) is 0 Å². The molecule has 5 aliphatic rings. The minimum atomic E-state index is -0.890. The van der Waals surface area contributed by atoms with E-state index < -0.39 is 33.4 Å². The molecule has 1 N–H and O–H groups in total. The number of cyclic esters (lactones) is 1. The highest BCUT2D eigenvalue weighted by atomic mass is 32.2. The second kappa shape index (κ2) is 11.0. The summed E-state index contributed by atoms with van der Waals surface area (Å²) in [6, 6.07) is -1.06. The van der Waals surface area contributed by atoms with Crippen molar-refractivity contribution in [1.29, 1.82) is 0 Å². The first-order valence-electron chi connectivity index (χ1n) is 14.7. The van der Waals surface area contributed by atoms with E-state index in [0.29, 0.717) is 19.6 Å². The highest BCUT2D eigenvalue weighted by Crippen LogP contribution is 2.65. The number of carbonyl (C=O) groups excluding carboxylic acids is 3. The van der Waals surface area contributed by atoms with Gasteiger partial charge in [0.1, 0.15) is 6.04 Å². The number of allylic oxidation sites excluding steroid dienone is 1. The maximum Gasteiger partial charge on any atom is 0.311 e. The van der Waals surface area contributed by atoms with Gasteiger partial charge in [0.2, 0.25) is 11.8 Å². The zero-order valence-electron chi connectivity index (χ0n) is 23.1. The van der Waals surface area contributed by atoms with E-state index in [0.717, 1.165) is 44.9 Å². The molecule has 1 saturated carbocycles. The maximum absolute atomic E-state index is 14.6. The first-order chi connectivity index (χ1) is 18.2. The van der Waals surface area contributed by atoms with Crippen molar-refractivity contribution in [1.82, 2.24) is 9.80 Å². The third kappa shape index (κ3) is 4.63. The van der Waals surface area contributed by atoms with Gasteiger partial charge in [-0.25, -0.2) is 0 Å². The Bertz CT molecular complexity index is 991. The molecular weight excluding hydrogens is 500 g/mol. The van der Waals surface area contributed by atoms with E-state index in [4.69, 9.17) is 4.74 Å². The number of esters is 1. The summed E-state index contributed by atoms with van der Waals surface area (Å²) < 4.78 is 4.21. The molecule has 4 heterocycles. The minimum Gasteiger partial charge on any atom is -0.465 e. The molecule has 0 aromatic rings. The fourth-order valence-electron chi connectivity index (χ4n) is 7.69. The molecular formula is C30H44N2O5S. The van der Waals surface area contributed by atoms with Crippen LogP contribution in [0.3, 0.4) is 0 Å². The number of hydrogen-bond donors (Lipinski definition) is 1. The molecule has 1 unspecified atom stereocenters. The number of carbonyl (C=O) groups is 3. The van der Waals surface area contributed by atoms with E-state index >= 15 is 0 Å². The van der Waals surface area contributed by atoms with E-state index in [2.05, 4.69) is 38.2 Å². The lowest BCUT2D eigenvalue weighted by molar-refractivity contribution is -0.155. The number of aliphatic hydroxyl groups is 1. The zero-order valence-corrected chi connectivity index (χ0v) is 24.0. The summed E-state index contributed by atoms with van der Waals surface area (Å²) in [5.74, 6) is -1.74. The molecule has 0 radical (unpaired) electrons.